The number of benzene rings is 3. The molecule has 0 amide bonds. The Balaban J connectivity index is 1.45. The minimum atomic E-state index is -0.336. The van der Waals surface area contributed by atoms with Crippen LogP contribution in [0.4, 0.5) is 0 Å². The van der Waals surface area contributed by atoms with Gasteiger partial charge in [-0.3, -0.25) is 0 Å². The smallest absolute Gasteiger partial charge is 0.0725 e. The molecule has 0 radical (unpaired) electrons. The zero-order valence-electron chi connectivity index (χ0n) is 17.5. The van der Waals surface area contributed by atoms with Crippen molar-refractivity contribution >= 4 is 0 Å². The molecule has 0 aromatic heterocycles. The molecule has 30 heavy (non-hydrogen) atoms. The lowest BCUT2D eigenvalue weighted by molar-refractivity contribution is 0.0490. The quantitative estimate of drug-likeness (QED) is 0.591. The fraction of sp³-hybridized carbons (Fsp3) is 0.296. The van der Waals surface area contributed by atoms with Crippen molar-refractivity contribution in [3.05, 3.63) is 107 Å². The highest BCUT2D eigenvalue weighted by Gasteiger charge is 2.40. The number of nitrogens with zero attached hydrogens (tertiary/aromatic N) is 1. The van der Waals surface area contributed by atoms with Crippen LogP contribution in [0.1, 0.15) is 40.7 Å². The van der Waals surface area contributed by atoms with Crippen LogP contribution in [0.5, 0.6) is 0 Å². The molecule has 1 aliphatic rings. The molecule has 3 heteroatoms. The minimum absolute atomic E-state index is 0.102. The molecule has 1 saturated heterocycles. The van der Waals surface area contributed by atoms with Crippen LogP contribution in [0.2, 0.25) is 0 Å². The van der Waals surface area contributed by atoms with Gasteiger partial charge in [-0.2, -0.15) is 5.26 Å². The molecule has 1 aliphatic heterocycles. The first-order valence-corrected chi connectivity index (χ1v) is 10.6. The lowest BCUT2D eigenvalue weighted by Gasteiger charge is -2.28. The molecule has 0 aliphatic carbocycles. The molecule has 0 unspecified atom stereocenters. The highest BCUT2D eigenvalue weighted by molar-refractivity contribution is 5.36. The number of hydrogen-bond donors (Lipinski definition) is 1. The first kappa shape index (κ1) is 20.3. The molecule has 0 spiro atoms. The van der Waals surface area contributed by atoms with E-state index in [9.17, 15) is 5.26 Å². The molecule has 4 rings (SSSR count). The Labute approximate surface area is 179 Å². The van der Waals surface area contributed by atoms with Crippen LogP contribution < -0.4 is 5.32 Å². The summed E-state index contributed by atoms with van der Waals surface area (Å²) in [5.41, 5.74) is 5.97. The van der Waals surface area contributed by atoms with Crippen molar-refractivity contribution in [2.75, 3.05) is 6.54 Å². The van der Waals surface area contributed by atoms with E-state index in [0.29, 0.717) is 13.0 Å². The van der Waals surface area contributed by atoms with Crippen molar-refractivity contribution in [1.82, 2.24) is 5.32 Å². The maximum absolute atomic E-state index is 9.50. The number of hydrogen-bond acceptors (Lipinski definition) is 3. The number of nitriles is 1. The third kappa shape index (κ3) is 4.62. The highest BCUT2D eigenvalue weighted by Crippen LogP contribution is 2.35. The molecule has 3 aromatic carbocycles. The maximum atomic E-state index is 9.50. The Morgan fingerprint density at radius 2 is 1.70 bits per heavy atom. The Bertz CT molecular complexity index is 1010. The standard InChI is InChI=1S/C27H28N2O/c1-21-7-5-6-10-24(21)17-22-11-13-25(14-12-22)27(15-16-28)18-26(19-29-27)30-20-23-8-3-2-4-9-23/h2-14,26,29H,15,17-20H2,1H3/t26-,27-/m1/s1. The Morgan fingerprint density at radius 1 is 0.967 bits per heavy atom. The van der Waals surface area contributed by atoms with Crippen LogP contribution in [-0.2, 0) is 23.3 Å². The summed E-state index contributed by atoms with van der Waals surface area (Å²) in [5.74, 6) is 0. The number of aryl methyl sites for hydroxylation is 1. The SMILES string of the molecule is Cc1ccccc1Cc1ccc([C@@]2(CC#N)C[C@@H](OCc3ccccc3)CN2)cc1. The van der Waals surface area contributed by atoms with E-state index in [2.05, 4.69) is 79.0 Å². The molecule has 0 bridgehead atoms. The van der Waals surface area contributed by atoms with E-state index in [1.54, 1.807) is 0 Å². The molecule has 152 valence electrons. The summed E-state index contributed by atoms with van der Waals surface area (Å²) in [5, 5.41) is 13.1. The van der Waals surface area contributed by atoms with Gasteiger partial charge in [0.05, 0.1) is 30.7 Å². The second-order valence-electron chi connectivity index (χ2n) is 8.22. The second-order valence-corrected chi connectivity index (χ2v) is 8.22. The first-order valence-electron chi connectivity index (χ1n) is 10.6. The molecule has 1 heterocycles. The van der Waals surface area contributed by atoms with E-state index in [1.165, 1.54) is 27.8 Å². The van der Waals surface area contributed by atoms with Gasteiger partial charge in [-0.05, 0) is 47.6 Å². The van der Waals surface area contributed by atoms with Gasteiger partial charge in [-0.15, -0.1) is 0 Å². The summed E-state index contributed by atoms with van der Waals surface area (Å²) in [6, 6.07) is 29.9. The van der Waals surface area contributed by atoms with Gasteiger partial charge >= 0.3 is 0 Å². The molecule has 2 atom stereocenters. The summed E-state index contributed by atoms with van der Waals surface area (Å²) in [6.07, 6.45) is 2.28. The number of nitrogens with one attached hydrogen (secondary N) is 1. The van der Waals surface area contributed by atoms with E-state index in [4.69, 9.17) is 4.74 Å². The monoisotopic (exact) mass is 396 g/mol. The van der Waals surface area contributed by atoms with Crippen molar-refractivity contribution < 1.29 is 4.74 Å². The maximum Gasteiger partial charge on any atom is 0.0725 e. The highest BCUT2D eigenvalue weighted by atomic mass is 16.5. The zero-order valence-corrected chi connectivity index (χ0v) is 17.5. The number of rotatable bonds is 7. The van der Waals surface area contributed by atoms with Crippen LogP contribution in [-0.4, -0.2) is 12.6 Å². The lowest BCUT2D eigenvalue weighted by atomic mass is 9.84. The number of ether oxygens (including phenoxy) is 1. The molecule has 1 fully saturated rings. The molecular formula is C27H28N2O. The third-order valence-electron chi connectivity index (χ3n) is 6.12. The summed E-state index contributed by atoms with van der Waals surface area (Å²) >= 11 is 0. The van der Waals surface area contributed by atoms with Gasteiger partial charge in [-0.1, -0.05) is 78.9 Å². The third-order valence-corrected chi connectivity index (χ3v) is 6.12. The lowest BCUT2D eigenvalue weighted by Crippen LogP contribution is -2.36. The van der Waals surface area contributed by atoms with Crippen molar-refractivity contribution in [3.63, 3.8) is 0 Å². The fourth-order valence-corrected chi connectivity index (χ4v) is 4.31. The van der Waals surface area contributed by atoms with E-state index in [-0.39, 0.29) is 11.6 Å². The van der Waals surface area contributed by atoms with Crippen molar-refractivity contribution in [1.29, 1.82) is 5.26 Å². The van der Waals surface area contributed by atoms with Crippen LogP contribution >= 0.6 is 0 Å². The van der Waals surface area contributed by atoms with Crippen molar-refractivity contribution in [3.8, 4) is 6.07 Å². The largest absolute Gasteiger partial charge is 0.372 e. The average Bonchev–Trinajstić information content (AvgIpc) is 3.20. The summed E-state index contributed by atoms with van der Waals surface area (Å²) in [7, 11) is 0. The Kier molecular flexibility index (Phi) is 6.28. The van der Waals surface area contributed by atoms with Crippen LogP contribution in [0.3, 0.4) is 0 Å². The van der Waals surface area contributed by atoms with Crippen molar-refractivity contribution in [2.45, 2.75) is 44.4 Å². The Hall–Kier alpha value is -2.93. The molecule has 1 N–H and O–H groups in total. The van der Waals surface area contributed by atoms with Crippen molar-refractivity contribution in [2.24, 2.45) is 0 Å². The van der Waals surface area contributed by atoms with Gasteiger partial charge in [0.2, 0.25) is 0 Å². The topological polar surface area (TPSA) is 45.0 Å². The van der Waals surface area contributed by atoms with Gasteiger partial charge in [0.25, 0.3) is 0 Å². The normalized spacial score (nSPS) is 20.7. The summed E-state index contributed by atoms with van der Waals surface area (Å²) in [4.78, 5) is 0. The first-order chi connectivity index (χ1) is 14.7. The van der Waals surface area contributed by atoms with Crippen LogP contribution in [0, 0.1) is 18.3 Å². The summed E-state index contributed by atoms with van der Waals surface area (Å²) in [6.45, 7) is 3.52. The Morgan fingerprint density at radius 3 is 2.43 bits per heavy atom. The van der Waals surface area contributed by atoms with Gasteiger partial charge in [0.1, 0.15) is 0 Å². The molecular weight excluding hydrogens is 368 g/mol. The minimum Gasteiger partial charge on any atom is -0.372 e. The van der Waals surface area contributed by atoms with Gasteiger partial charge in [0.15, 0.2) is 0 Å². The molecule has 3 nitrogen and oxygen atoms in total. The van der Waals surface area contributed by atoms with E-state index in [1.807, 2.05) is 18.2 Å². The summed E-state index contributed by atoms with van der Waals surface area (Å²) < 4.78 is 6.16. The van der Waals surface area contributed by atoms with Gasteiger partial charge in [0, 0.05) is 6.54 Å². The fourth-order valence-electron chi connectivity index (χ4n) is 4.31. The van der Waals surface area contributed by atoms with Gasteiger partial charge < -0.3 is 10.1 Å². The predicted molar refractivity (Wildman–Crippen MR) is 120 cm³/mol. The zero-order chi connectivity index (χ0) is 20.8. The average molecular weight is 397 g/mol. The second kappa shape index (κ2) is 9.26. The van der Waals surface area contributed by atoms with E-state index >= 15 is 0 Å². The van der Waals surface area contributed by atoms with E-state index < -0.39 is 0 Å². The molecule has 0 saturated carbocycles. The predicted octanol–water partition coefficient (Wildman–Crippen LogP) is 5.27. The van der Waals surface area contributed by atoms with Gasteiger partial charge in [-0.25, -0.2) is 0 Å². The van der Waals surface area contributed by atoms with Crippen LogP contribution in [0.15, 0.2) is 78.9 Å². The molecule has 3 aromatic rings. The van der Waals surface area contributed by atoms with E-state index in [0.717, 1.165) is 19.4 Å². The van der Waals surface area contributed by atoms with Crippen LogP contribution in [0.25, 0.3) is 0 Å².